The Hall–Kier alpha value is -0.880. The van der Waals surface area contributed by atoms with Crippen LogP contribution in [0.4, 0.5) is 0 Å². The first kappa shape index (κ1) is 11.6. The molecule has 16 heavy (non-hydrogen) atoms. The summed E-state index contributed by atoms with van der Waals surface area (Å²) < 4.78 is 0.901. The quantitative estimate of drug-likeness (QED) is 0.686. The monoisotopic (exact) mass is 346 g/mol. The number of hydrogen-bond acceptors (Lipinski definition) is 2. The van der Waals surface area contributed by atoms with Crippen LogP contribution in [0.1, 0.15) is 16.2 Å². The molecule has 1 aromatic carbocycles. The Morgan fingerprint density at radius 3 is 3.00 bits per heavy atom. The molecule has 0 fully saturated rings. The molecular formula is C11H8ClIN2O. The number of Topliss-reactive ketones (excluding diaryl/α,β-unsaturated/α-hetero) is 1. The molecule has 1 aromatic heterocycles. The average molecular weight is 347 g/mol. The fraction of sp³-hybridized carbons (Fsp3) is 0.0909. The Morgan fingerprint density at radius 1 is 1.50 bits per heavy atom. The van der Waals surface area contributed by atoms with Crippen LogP contribution in [0.15, 0.2) is 30.6 Å². The fourth-order valence-electron chi connectivity index (χ4n) is 1.35. The maximum atomic E-state index is 12.0. The number of imidazole rings is 1. The van der Waals surface area contributed by atoms with E-state index in [2.05, 4.69) is 32.6 Å². The maximum absolute atomic E-state index is 12.0. The minimum Gasteiger partial charge on any atom is -0.348 e. The summed E-state index contributed by atoms with van der Waals surface area (Å²) in [4.78, 5) is 18.9. The maximum Gasteiger partial charge on any atom is 0.171 e. The largest absolute Gasteiger partial charge is 0.348 e. The van der Waals surface area contributed by atoms with E-state index >= 15 is 0 Å². The third kappa shape index (κ3) is 2.62. The minimum absolute atomic E-state index is 0.0156. The number of ketones is 1. The number of hydrogen-bond donors (Lipinski definition) is 1. The molecule has 3 nitrogen and oxygen atoms in total. The lowest BCUT2D eigenvalue weighted by atomic mass is 10.1. The van der Waals surface area contributed by atoms with Crippen LogP contribution in [0.3, 0.4) is 0 Å². The van der Waals surface area contributed by atoms with Crippen molar-refractivity contribution < 1.29 is 4.79 Å². The first-order valence-electron chi connectivity index (χ1n) is 4.63. The van der Waals surface area contributed by atoms with Gasteiger partial charge >= 0.3 is 0 Å². The predicted molar refractivity (Wildman–Crippen MR) is 70.8 cm³/mol. The van der Waals surface area contributed by atoms with Crippen molar-refractivity contribution in [1.29, 1.82) is 0 Å². The van der Waals surface area contributed by atoms with Crippen molar-refractivity contribution in [3.63, 3.8) is 0 Å². The lowest BCUT2D eigenvalue weighted by Gasteiger charge is -2.03. The van der Waals surface area contributed by atoms with Gasteiger partial charge in [-0.25, -0.2) is 4.98 Å². The highest BCUT2D eigenvalue weighted by Gasteiger charge is 2.12. The molecule has 0 unspecified atom stereocenters. The number of nitrogens with one attached hydrogen (secondary N) is 1. The molecule has 82 valence electrons. The smallest absolute Gasteiger partial charge is 0.171 e. The van der Waals surface area contributed by atoms with Crippen molar-refractivity contribution in [2.75, 3.05) is 0 Å². The first-order valence-corrected chi connectivity index (χ1v) is 6.09. The topological polar surface area (TPSA) is 45.8 Å². The van der Waals surface area contributed by atoms with E-state index in [0.29, 0.717) is 16.4 Å². The van der Waals surface area contributed by atoms with Gasteiger partial charge in [-0.3, -0.25) is 4.79 Å². The summed E-state index contributed by atoms with van der Waals surface area (Å²) in [5.41, 5.74) is 0.643. The van der Waals surface area contributed by atoms with E-state index in [9.17, 15) is 4.79 Å². The summed E-state index contributed by atoms with van der Waals surface area (Å²) in [5, 5.41) is 0.572. The second-order valence-electron chi connectivity index (χ2n) is 3.26. The minimum atomic E-state index is 0.0156. The third-order valence-corrected chi connectivity index (χ3v) is 3.29. The Labute approximate surface area is 111 Å². The van der Waals surface area contributed by atoms with Gasteiger partial charge in [-0.2, -0.15) is 0 Å². The van der Waals surface area contributed by atoms with Gasteiger partial charge in [0.05, 0.1) is 6.42 Å². The van der Waals surface area contributed by atoms with E-state index in [0.717, 1.165) is 3.57 Å². The molecule has 0 bridgehead atoms. The van der Waals surface area contributed by atoms with Gasteiger partial charge in [-0.15, -0.1) is 0 Å². The lowest BCUT2D eigenvalue weighted by Crippen LogP contribution is -2.06. The second kappa shape index (κ2) is 4.97. The van der Waals surface area contributed by atoms with E-state index < -0.39 is 0 Å². The molecule has 0 radical (unpaired) electrons. The fourth-order valence-corrected chi connectivity index (χ4v) is 2.16. The van der Waals surface area contributed by atoms with Gasteiger partial charge < -0.3 is 4.98 Å². The van der Waals surface area contributed by atoms with Crippen LogP contribution >= 0.6 is 34.2 Å². The van der Waals surface area contributed by atoms with E-state index in [1.807, 2.05) is 6.07 Å². The van der Waals surface area contributed by atoms with Crippen molar-refractivity contribution in [1.82, 2.24) is 9.97 Å². The van der Waals surface area contributed by atoms with Crippen molar-refractivity contribution in [3.05, 3.63) is 50.6 Å². The van der Waals surface area contributed by atoms with E-state index in [1.165, 1.54) is 0 Å². The van der Waals surface area contributed by atoms with E-state index in [1.54, 1.807) is 24.5 Å². The number of halogens is 2. The van der Waals surface area contributed by atoms with E-state index in [-0.39, 0.29) is 12.2 Å². The van der Waals surface area contributed by atoms with Crippen LogP contribution < -0.4 is 0 Å². The van der Waals surface area contributed by atoms with Crippen LogP contribution in [0.5, 0.6) is 0 Å². The Morgan fingerprint density at radius 2 is 2.31 bits per heavy atom. The van der Waals surface area contributed by atoms with E-state index in [4.69, 9.17) is 11.6 Å². The molecule has 0 aliphatic carbocycles. The third-order valence-electron chi connectivity index (χ3n) is 2.11. The number of nitrogens with zero attached hydrogens (tertiary/aromatic N) is 1. The summed E-state index contributed by atoms with van der Waals surface area (Å²) >= 11 is 7.99. The van der Waals surface area contributed by atoms with Gasteiger partial charge in [0.15, 0.2) is 5.78 Å². The van der Waals surface area contributed by atoms with Crippen molar-refractivity contribution in [2.45, 2.75) is 6.42 Å². The molecule has 0 amide bonds. The SMILES string of the molecule is O=C(Cc1ncc[nH]1)c1cc(Cl)ccc1I. The summed E-state index contributed by atoms with van der Waals surface area (Å²) in [7, 11) is 0. The highest BCUT2D eigenvalue weighted by atomic mass is 127. The Bertz CT molecular complexity index is 511. The molecule has 0 saturated carbocycles. The van der Waals surface area contributed by atoms with Crippen LogP contribution in [0, 0.1) is 3.57 Å². The lowest BCUT2D eigenvalue weighted by molar-refractivity contribution is 0.0990. The van der Waals surface area contributed by atoms with Gasteiger partial charge in [0.25, 0.3) is 0 Å². The van der Waals surface area contributed by atoms with Crippen molar-refractivity contribution in [3.8, 4) is 0 Å². The number of aromatic nitrogens is 2. The molecule has 5 heteroatoms. The molecule has 0 aliphatic heterocycles. The molecule has 2 aromatic rings. The molecule has 2 rings (SSSR count). The molecule has 0 atom stereocenters. The summed E-state index contributed by atoms with van der Waals surface area (Å²) in [6.45, 7) is 0. The zero-order valence-corrected chi connectivity index (χ0v) is 11.1. The number of H-pyrrole nitrogens is 1. The summed E-state index contributed by atoms with van der Waals surface area (Å²) in [6, 6.07) is 5.29. The number of aromatic amines is 1. The number of carbonyl (C=O) groups is 1. The normalized spacial score (nSPS) is 10.4. The van der Waals surface area contributed by atoms with Crippen LogP contribution in [-0.2, 0) is 6.42 Å². The Kier molecular flexibility index (Phi) is 3.60. The zero-order chi connectivity index (χ0) is 11.5. The predicted octanol–water partition coefficient (Wildman–Crippen LogP) is 3.09. The molecule has 1 heterocycles. The van der Waals surface area contributed by atoms with Crippen LogP contribution in [0.2, 0.25) is 5.02 Å². The first-order chi connectivity index (χ1) is 7.66. The van der Waals surface area contributed by atoms with Crippen LogP contribution in [-0.4, -0.2) is 15.8 Å². The van der Waals surface area contributed by atoms with Gasteiger partial charge in [0, 0.05) is 26.5 Å². The van der Waals surface area contributed by atoms with Crippen molar-refractivity contribution in [2.24, 2.45) is 0 Å². The molecule has 1 N–H and O–H groups in total. The zero-order valence-electron chi connectivity index (χ0n) is 8.21. The number of rotatable bonds is 3. The van der Waals surface area contributed by atoms with Crippen molar-refractivity contribution >= 4 is 40.0 Å². The van der Waals surface area contributed by atoms with Gasteiger partial charge in [0.1, 0.15) is 5.82 Å². The van der Waals surface area contributed by atoms with Gasteiger partial charge in [-0.1, -0.05) is 11.6 Å². The second-order valence-corrected chi connectivity index (χ2v) is 4.86. The highest BCUT2D eigenvalue weighted by Crippen LogP contribution is 2.19. The molecule has 0 saturated heterocycles. The van der Waals surface area contributed by atoms with Gasteiger partial charge in [0.2, 0.25) is 0 Å². The highest BCUT2D eigenvalue weighted by molar-refractivity contribution is 14.1. The summed E-state index contributed by atoms with van der Waals surface area (Å²) in [5.74, 6) is 0.683. The molecule has 0 spiro atoms. The number of benzene rings is 1. The number of carbonyl (C=O) groups excluding carboxylic acids is 1. The Balaban J connectivity index is 2.24. The molecule has 0 aliphatic rings. The average Bonchev–Trinajstić information content (AvgIpc) is 2.74. The molecular weight excluding hydrogens is 338 g/mol. The summed E-state index contributed by atoms with van der Waals surface area (Å²) in [6.07, 6.45) is 3.60. The standard InChI is InChI=1S/C11H8ClIN2O/c12-7-1-2-9(13)8(5-7)10(16)6-11-14-3-4-15-11/h1-5H,6H2,(H,14,15). The van der Waals surface area contributed by atoms with Crippen LogP contribution in [0.25, 0.3) is 0 Å². The van der Waals surface area contributed by atoms with Gasteiger partial charge in [-0.05, 0) is 40.8 Å².